The summed E-state index contributed by atoms with van der Waals surface area (Å²) in [6.07, 6.45) is 2.49. The van der Waals surface area contributed by atoms with E-state index >= 15 is 0 Å². The molecule has 1 N–H and O–H groups in total. The second-order valence-electron chi connectivity index (χ2n) is 8.71. The van der Waals surface area contributed by atoms with Crippen LogP contribution in [0.4, 0.5) is 0 Å². The van der Waals surface area contributed by atoms with E-state index in [1.165, 1.54) is 5.56 Å². The highest BCUT2D eigenvalue weighted by atomic mass is 16.5. The van der Waals surface area contributed by atoms with Gasteiger partial charge in [-0.1, -0.05) is 42.0 Å². The van der Waals surface area contributed by atoms with E-state index in [0.29, 0.717) is 68.7 Å². The van der Waals surface area contributed by atoms with E-state index in [9.17, 15) is 9.59 Å². The van der Waals surface area contributed by atoms with E-state index in [4.69, 9.17) is 9.15 Å². The normalized spacial score (nSPS) is 14.2. The average Bonchev–Trinajstić information content (AvgIpc) is 3.37. The molecule has 35 heavy (non-hydrogen) atoms. The largest absolute Gasteiger partial charge is 0.436 e. The molecule has 0 spiro atoms. The zero-order valence-corrected chi connectivity index (χ0v) is 20.3. The number of amides is 2. The molecule has 0 atom stereocenters. The molecule has 1 aromatic heterocycles. The molecule has 1 aliphatic heterocycles. The predicted octanol–water partition coefficient (Wildman–Crippen LogP) is 3.23. The molecule has 3 aromatic rings. The molecule has 1 aliphatic rings. The number of piperazine rings is 1. The molecule has 2 aromatic carbocycles. The van der Waals surface area contributed by atoms with Crippen LogP contribution in [0.1, 0.15) is 22.3 Å². The summed E-state index contributed by atoms with van der Waals surface area (Å²) in [6.45, 7) is 6.03. The lowest BCUT2D eigenvalue weighted by molar-refractivity contribution is -0.122. The van der Waals surface area contributed by atoms with Crippen molar-refractivity contribution in [2.24, 2.45) is 0 Å². The quantitative estimate of drug-likeness (QED) is 0.477. The van der Waals surface area contributed by atoms with Crippen molar-refractivity contribution in [1.29, 1.82) is 0 Å². The van der Waals surface area contributed by atoms with Gasteiger partial charge in [0, 0.05) is 57.6 Å². The maximum absolute atomic E-state index is 13.4. The van der Waals surface area contributed by atoms with Crippen LogP contribution in [0.3, 0.4) is 0 Å². The van der Waals surface area contributed by atoms with Crippen molar-refractivity contribution in [3.8, 4) is 22.8 Å². The van der Waals surface area contributed by atoms with Gasteiger partial charge in [0.05, 0.1) is 18.3 Å². The number of rotatable bonds is 9. The Morgan fingerprint density at radius 1 is 1.06 bits per heavy atom. The van der Waals surface area contributed by atoms with Crippen LogP contribution in [0.2, 0.25) is 0 Å². The highest BCUT2D eigenvalue weighted by molar-refractivity contribution is 6.00. The summed E-state index contributed by atoms with van der Waals surface area (Å²) in [5, 5.41) is 2.91. The molecule has 2 heterocycles. The summed E-state index contributed by atoms with van der Waals surface area (Å²) in [6, 6.07) is 15.5. The summed E-state index contributed by atoms with van der Waals surface area (Å²) in [4.78, 5) is 33.9. The Kier molecular flexibility index (Phi) is 8.28. The van der Waals surface area contributed by atoms with E-state index in [1.807, 2.05) is 60.4 Å². The first-order valence-electron chi connectivity index (χ1n) is 11.9. The number of ether oxygens (including phenoxy) is 1. The summed E-state index contributed by atoms with van der Waals surface area (Å²) in [5.74, 6) is 1.03. The van der Waals surface area contributed by atoms with Crippen molar-refractivity contribution in [2.45, 2.75) is 13.3 Å². The highest BCUT2D eigenvalue weighted by Crippen LogP contribution is 2.29. The Bertz CT molecular complexity index is 1130. The Balaban J connectivity index is 1.38. The van der Waals surface area contributed by atoms with E-state index in [-0.39, 0.29) is 11.8 Å². The highest BCUT2D eigenvalue weighted by Gasteiger charge is 2.26. The molecule has 0 bridgehead atoms. The smallest absolute Gasteiger partial charge is 0.254 e. The number of methoxy groups -OCH3 is 1. The van der Waals surface area contributed by atoms with E-state index in [1.54, 1.807) is 13.3 Å². The molecular formula is C27H32N4O4. The van der Waals surface area contributed by atoms with E-state index in [2.05, 4.69) is 15.2 Å². The Morgan fingerprint density at radius 3 is 2.54 bits per heavy atom. The number of nitrogens with zero attached hydrogens (tertiary/aromatic N) is 3. The fourth-order valence-electron chi connectivity index (χ4n) is 4.09. The molecule has 0 radical (unpaired) electrons. The lowest BCUT2D eigenvalue weighted by atomic mass is 10.1. The van der Waals surface area contributed by atoms with Gasteiger partial charge in [-0.3, -0.25) is 14.5 Å². The molecular weight excluding hydrogens is 444 g/mol. The van der Waals surface area contributed by atoms with Gasteiger partial charge in [-0.2, -0.15) is 0 Å². The van der Waals surface area contributed by atoms with Gasteiger partial charge in [0.1, 0.15) is 0 Å². The third kappa shape index (κ3) is 6.35. The number of hydrogen-bond acceptors (Lipinski definition) is 6. The molecule has 0 saturated carbocycles. The Morgan fingerprint density at radius 2 is 1.80 bits per heavy atom. The standard InChI is InChI=1S/C27H32N4O4/c1-20-8-10-21(11-9-20)24-18-29-26(35-24)22-6-3-4-7-23(22)27(33)31-15-13-30(14-16-31)19-25(32)28-12-5-17-34-2/h3-4,6-11,18H,5,12-17,19H2,1-2H3,(H,28,32). The van der Waals surface area contributed by atoms with Crippen LogP contribution in [-0.2, 0) is 9.53 Å². The molecule has 2 amide bonds. The summed E-state index contributed by atoms with van der Waals surface area (Å²) in [5.41, 5.74) is 3.35. The number of aromatic nitrogens is 1. The third-order valence-corrected chi connectivity index (χ3v) is 6.10. The maximum Gasteiger partial charge on any atom is 0.254 e. The number of hydrogen-bond donors (Lipinski definition) is 1. The topological polar surface area (TPSA) is 87.9 Å². The lowest BCUT2D eigenvalue weighted by Gasteiger charge is -2.34. The van der Waals surface area contributed by atoms with Crippen LogP contribution in [0.15, 0.2) is 59.1 Å². The van der Waals surface area contributed by atoms with Crippen LogP contribution in [0.25, 0.3) is 22.8 Å². The minimum atomic E-state index is -0.0562. The summed E-state index contributed by atoms with van der Waals surface area (Å²) in [7, 11) is 1.65. The number of oxazole rings is 1. The van der Waals surface area contributed by atoms with Crippen LogP contribution in [-0.4, -0.2) is 79.6 Å². The first kappa shape index (κ1) is 24.6. The van der Waals surface area contributed by atoms with Gasteiger partial charge in [-0.25, -0.2) is 4.98 Å². The molecule has 8 nitrogen and oxygen atoms in total. The second kappa shape index (κ2) is 11.8. The molecule has 184 valence electrons. The Hall–Kier alpha value is -3.49. The minimum absolute atomic E-state index is 0.000463. The van der Waals surface area contributed by atoms with Gasteiger partial charge in [0.15, 0.2) is 5.76 Å². The first-order valence-corrected chi connectivity index (χ1v) is 11.9. The van der Waals surface area contributed by atoms with Gasteiger partial charge in [-0.15, -0.1) is 0 Å². The van der Waals surface area contributed by atoms with Gasteiger partial charge in [0.25, 0.3) is 5.91 Å². The van der Waals surface area contributed by atoms with Crippen molar-refractivity contribution in [3.05, 3.63) is 65.9 Å². The molecule has 8 heteroatoms. The number of nitrogens with one attached hydrogen (secondary N) is 1. The second-order valence-corrected chi connectivity index (χ2v) is 8.71. The predicted molar refractivity (Wildman–Crippen MR) is 134 cm³/mol. The van der Waals surface area contributed by atoms with Crippen molar-refractivity contribution in [3.63, 3.8) is 0 Å². The van der Waals surface area contributed by atoms with Crippen LogP contribution < -0.4 is 5.32 Å². The van der Waals surface area contributed by atoms with Crippen molar-refractivity contribution >= 4 is 11.8 Å². The zero-order valence-electron chi connectivity index (χ0n) is 20.3. The number of benzene rings is 2. The van der Waals surface area contributed by atoms with Crippen LogP contribution in [0.5, 0.6) is 0 Å². The van der Waals surface area contributed by atoms with Crippen LogP contribution in [0, 0.1) is 6.92 Å². The minimum Gasteiger partial charge on any atom is -0.436 e. The summed E-state index contributed by atoms with van der Waals surface area (Å²) >= 11 is 0. The summed E-state index contributed by atoms with van der Waals surface area (Å²) < 4.78 is 11.0. The number of aryl methyl sites for hydroxylation is 1. The van der Waals surface area contributed by atoms with Gasteiger partial charge in [-0.05, 0) is 25.5 Å². The monoisotopic (exact) mass is 476 g/mol. The molecule has 0 unspecified atom stereocenters. The molecule has 1 fully saturated rings. The Labute approximate surface area is 205 Å². The third-order valence-electron chi connectivity index (χ3n) is 6.10. The SMILES string of the molecule is COCCCNC(=O)CN1CCN(C(=O)c2ccccc2-c2ncc(-c3ccc(C)cc3)o2)CC1. The average molecular weight is 477 g/mol. The van der Waals surface area contributed by atoms with Crippen molar-refractivity contribution < 1.29 is 18.7 Å². The molecule has 4 rings (SSSR count). The molecule has 1 saturated heterocycles. The van der Waals surface area contributed by atoms with Crippen molar-refractivity contribution in [2.75, 3.05) is 53.0 Å². The fraction of sp³-hybridized carbons (Fsp3) is 0.370. The zero-order chi connectivity index (χ0) is 24.6. The molecule has 0 aliphatic carbocycles. The number of carbonyl (C=O) groups excluding carboxylic acids is 2. The van der Waals surface area contributed by atoms with Crippen molar-refractivity contribution in [1.82, 2.24) is 20.1 Å². The van der Waals surface area contributed by atoms with Crippen LogP contribution >= 0.6 is 0 Å². The fourth-order valence-corrected chi connectivity index (χ4v) is 4.09. The van der Waals surface area contributed by atoms with E-state index in [0.717, 1.165) is 12.0 Å². The number of carbonyl (C=O) groups is 2. The first-order chi connectivity index (χ1) is 17.0. The van der Waals surface area contributed by atoms with Gasteiger partial charge < -0.3 is 19.4 Å². The van der Waals surface area contributed by atoms with Gasteiger partial charge in [0.2, 0.25) is 11.8 Å². The maximum atomic E-state index is 13.4. The van der Waals surface area contributed by atoms with E-state index < -0.39 is 0 Å². The van der Waals surface area contributed by atoms with Gasteiger partial charge >= 0.3 is 0 Å². The lowest BCUT2D eigenvalue weighted by Crippen LogP contribution is -2.51.